The second kappa shape index (κ2) is 6.65. The van der Waals surface area contributed by atoms with Crippen LogP contribution in [0.5, 0.6) is 17.2 Å². The number of phenolic OH excluding ortho intramolecular Hbond substituents is 1. The first-order valence-electron chi connectivity index (χ1n) is 6.56. The van der Waals surface area contributed by atoms with Crippen LogP contribution in [0.2, 0.25) is 0 Å². The van der Waals surface area contributed by atoms with E-state index in [9.17, 15) is 9.90 Å². The Morgan fingerprint density at radius 2 is 1.86 bits per heavy atom. The van der Waals surface area contributed by atoms with Gasteiger partial charge in [0, 0.05) is 0 Å². The number of aromatic hydroxyl groups is 1. The van der Waals surface area contributed by atoms with E-state index in [0.717, 1.165) is 0 Å². The molecular formula is C16H17NO4. The average Bonchev–Trinajstić information content (AvgIpc) is 2.49. The summed E-state index contributed by atoms with van der Waals surface area (Å²) >= 11 is 0. The first-order chi connectivity index (χ1) is 10.2. The molecule has 2 rings (SSSR count). The zero-order chi connectivity index (χ0) is 15.2. The fourth-order valence-corrected chi connectivity index (χ4v) is 1.95. The number of hydrogen-bond acceptors (Lipinski definition) is 4. The lowest BCUT2D eigenvalue weighted by molar-refractivity contribution is 0.102. The minimum Gasteiger partial charge on any atom is -0.507 e. The predicted octanol–water partition coefficient (Wildman–Crippen LogP) is 3.05. The zero-order valence-corrected chi connectivity index (χ0v) is 11.9. The Morgan fingerprint density at radius 3 is 2.57 bits per heavy atom. The SMILES string of the molecule is CCOc1ccccc1NC(=O)c1c(O)cccc1OC. The molecule has 0 fully saturated rings. The van der Waals surface area contributed by atoms with Gasteiger partial charge in [-0.25, -0.2) is 0 Å². The second-order valence-electron chi connectivity index (χ2n) is 4.24. The Bertz CT molecular complexity index is 640. The van der Waals surface area contributed by atoms with Crippen LogP contribution >= 0.6 is 0 Å². The topological polar surface area (TPSA) is 67.8 Å². The number of carbonyl (C=O) groups is 1. The van der Waals surface area contributed by atoms with Crippen molar-refractivity contribution in [2.45, 2.75) is 6.92 Å². The van der Waals surface area contributed by atoms with Gasteiger partial charge in [-0.2, -0.15) is 0 Å². The Kier molecular flexibility index (Phi) is 4.66. The van der Waals surface area contributed by atoms with Gasteiger partial charge >= 0.3 is 0 Å². The van der Waals surface area contributed by atoms with E-state index in [1.165, 1.54) is 13.2 Å². The third-order valence-electron chi connectivity index (χ3n) is 2.89. The molecule has 0 unspecified atom stereocenters. The van der Waals surface area contributed by atoms with Crippen molar-refractivity contribution < 1.29 is 19.4 Å². The van der Waals surface area contributed by atoms with Crippen molar-refractivity contribution in [1.29, 1.82) is 0 Å². The lowest BCUT2D eigenvalue weighted by Gasteiger charge is -2.13. The van der Waals surface area contributed by atoms with E-state index in [1.54, 1.807) is 30.3 Å². The molecule has 110 valence electrons. The maximum atomic E-state index is 12.4. The van der Waals surface area contributed by atoms with Crippen molar-refractivity contribution in [3.8, 4) is 17.2 Å². The maximum Gasteiger partial charge on any atom is 0.263 e. The number of para-hydroxylation sites is 2. The number of methoxy groups -OCH3 is 1. The van der Waals surface area contributed by atoms with Gasteiger partial charge < -0.3 is 19.9 Å². The van der Waals surface area contributed by atoms with E-state index in [2.05, 4.69) is 5.32 Å². The standard InChI is InChI=1S/C16H17NO4/c1-3-21-13-9-5-4-7-11(13)17-16(19)15-12(18)8-6-10-14(15)20-2/h4-10,18H,3H2,1-2H3,(H,17,19). The van der Waals surface area contributed by atoms with E-state index < -0.39 is 5.91 Å². The van der Waals surface area contributed by atoms with Crippen LogP contribution in [-0.4, -0.2) is 24.7 Å². The van der Waals surface area contributed by atoms with E-state index in [4.69, 9.17) is 9.47 Å². The number of phenols is 1. The lowest BCUT2D eigenvalue weighted by atomic mass is 10.1. The predicted molar refractivity (Wildman–Crippen MR) is 80.2 cm³/mol. The van der Waals surface area contributed by atoms with Gasteiger partial charge in [0.2, 0.25) is 0 Å². The van der Waals surface area contributed by atoms with Crippen molar-refractivity contribution in [2.24, 2.45) is 0 Å². The highest BCUT2D eigenvalue weighted by Crippen LogP contribution is 2.30. The molecule has 0 bridgehead atoms. The van der Waals surface area contributed by atoms with Crippen LogP contribution in [0.3, 0.4) is 0 Å². The number of carbonyl (C=O) groups excluding carboxylic acids is 1. The monoisotopic (exact) mass is 287 g/mol. The molecule has 21 heavy (non-hydrogen) atoms. The van der Waals surface area contributed by atoms with Crippen molar-refractivity contribution in [3.05, 3.63) is 48.0 Å². The van der Waals surface area contributed by atoms with Crippen LogP contribution in [-0.2, 0) is 0 Å². The number of ether oxygens (including phenoxy) is 2. The highest BCUT2D eigenvalue weighted by atomic mass is 16.5. The first kappa shape index (κ1) is 14.7. The smallest absolute Gasteiger partial charge is 0.263 e. The summed E-state index contributed by atoms with van der Waals surface area (Å²) < 4.78 is 10.6. The van der Waals surface area contributed by atoms with E-state index >= 15 is 0 Å². The average molecular weight is 287 g/mol. The summed E-state index contributed by atoms with van der Waals surface area (Å²) in [5.74, 6) is 0.280. The highest BCUT2D eigenvalue weighted by molar-refractivity contribution is 6.08. The van der Waals surface area contributed by atoms with Crippen LogP contribution in [0.4, 0.5) is 5.69 Å². The Morgan fingerprint density at radius 1 is 1.14 bits per heavy atom. The lowest BCUT2D eigenvalue weighted by Crippen LogP contribution is -2.14. The van der Waals surface area contributed by atoms with Crippen molar-refractivity contribution in [3.63, 3.8) is 0 Å². The second-order valence-corrected chi connectivity index (χ2v) is 4.24. The fourth-order valence-electron chi connectivity index (χ4n) is 1.95. The first-order valence-corrected chi connectivity index (χ1v) is 6.56. The van der Waals surface area contributed by atoms with Gasteiger partial charge in [0.25, 0.3) is 5.91 Å². The molecule has 2 aromatic carbocycles. The Labute approximate surface area is 123 Å². The molecule has 5 nitrogen and oxygen atoms in total. The molecule has 0 heterocycles. The zero-order valence-electron chi connectivity index (χ0n) is 11.9. The van der Waals surface area contributed by atoms with Gasteiger partial charge in [0.1, 0.15) is 22.8 Å². The molecule has 0 radical (unpaired) electrons. The van der Waals surface area contributed by atoms with Crippen LogP contribution < -0.4 is 14.8 Å². The Hall–Kier alpha value is -2.69. The van der Waals surface area contributed by atoms with Crippen LogP contribution in [0, 0.1) is 0 Å². The molecule has 0 spiro atoms. The summed E-state index contributed by atoms with van der Waals surface area (Å²) in [6.45, 7) is 2.36. The van der Waals surface area contributed by atoms with Gasteiger partial charge in [-0.3, -0.25) is 4.79 Å². The molecule has 2 aromatic rings. The van der Waals surface area contributed by atoms with Gasteiger partial charge in [-0.15, -0.1) is 0 Å². The van der Waals surface area contributed by atoms with Crippen LogP contribution in [0.1, 0.15) is 17.3 Å². The quantitative estimate of drug-likeness (QED) is 0.887. The minimum atomic E-state index is -0.461. The molecule has 0 saturated carbocycles. The van der Waals surface area contributed by atoms with Gasteiger partial charge in [-0.1, -0.05) is 18.2 Å². The summed E-state index contributed by atoms with van der Waals surface area (Å²) in [7, 11) is 1.44. The van der Waals surface area contributed by atoms with Crippen LogP contribution in [0.15, 0.2) is 42.5 Å². The number of hydrogen-bond donors (Lipinski definition) is 2. The highest BCUT2D eigenvalue weighted by Gasteiger charge is 2.18. The minimum absolute atomic E-state index is 0.0892. The van der Waals surface area contributed by atoms with Crippen molar-refractivity contribution in [1.82, 2.24) is 0 Å². The summed E-state index contributed by atoms with van der Waals surface area (Å²) in [6, 6.07) is 11.8. The third kappa shape index (κ3) is 3.25. The van der Waals surface area contributed by atoms with E-state index in [-0.39, 0.29) is 11.3 Å². The molecule has 2 N–H and O–H groups in total. The number of amides is 1. The normalized spacial score (nSPS) is 10.0. The molecule has 0 aliphatic rings. The van der Waals surface area contributed by atoms with E-state index in [0.29, 0.717) is 23.8 Å². The molecule has 0 saturated heterocycles. The number of benzene rings is 2. The number of rotatable bonds is 5. The van der Waals surface area contributed by atoms with Gasteiger partial charge in [-0.05, 0) is 31.2 Å². The maximum absolute atomic E-state index is 12.4. The third-order valence-corrected chi connectivity index (χ3v) is 2.89. The molecule has 0 aromatic heterocycles. The Balaban J connectivity index is 2.31. The molecule has 0 aliphatic heterocycles. The number of nitrogens with one attached hydrogen (secondary N) is 1. The molecule has 0 aliphatic carbocycles. The van der Waals surface area contributed by atoms with Crippen LogP contribution in [0.25, 0.3) is 0 Å². The molecule has 1 amide bonds. The number of anilines is 1. The van der Waals surface area contributed by atoms with E-state index in [1.807, 2.05) is 13.0 Å². The van der Waals surface area contributed by atoms with Gasteiger partial charge in [0.15, 0.2) is 0 Å². The van der Waals surface area contributed by atoms with Crippen molar-refractivity contribution >= 4 is 11.6 Å². The summed E-state index contributed by atoms with van der Waals surface area (Å²) in [6.07, 6.45) is 0. The fraction of sp³-hybridized carbons (Fsp3) is 0.188. The molecular weight excluding hydrogens is 270 g/mol. The van der Waals surface area contributed by atoms with Crippen molar-refractivity contribution in [2.75, 3.05) is 19.0 Å². The van der Waals surface area contributed by atoms with Gasteiger partial charge in [0.05, 0.1) is 19.4 Å². The molecule has 0 atom stereocenters. The molecule has 5 heteroatoms. The summed E-state index contributed by atoms with van der Waals surface area (Å²) in [4.78, 5) is 12.4. The summed E-state index contributed by atoms with van der Waals surface area (Å²) in [5, 5.41) is 12.6. The largest absolute Gasteiger partial charge is 0.507 e. The summed E-state index contributed by atoms with van der Waals surface area (Å²) in [5.41, 5.74) is 0.626.